The molecular weight excluding hydrogens is 292 g/mol. The Labute approximate surface area is 142 Å². The maximum absolute atomic E-state index is 4.65. The summed E-state index contributed by atoms with van der Waals surface area (Å²) in [6, 6.07) is 17.5. The quantitative estimate of drug-likeness (QED) is 0.364. The van der Waals surface area contributed by atoms with Crippen LogP contribution in [0.1, 0.15) is 16.7 Å². The highest BCUT2D eigenvalue weighted by Crippen LogP contribution is 2.31. The molecule has 0 saturated carbocycles. The van der Waals surface area contributed by atoms with Crippen molar-refractivity contribution in [1.82, 2.24) is 4.98 Å². The van der Waals surface area contributed by atoms with Gasteiger partial charge in [-0.25, -0.2) is 4.57 Å². The molecule has 0 aliphatic heterocycles. The summed E-state index contributed by atoms with van der Waals surface area (Å²) < 4.78 is 2.14. The van der Waals surface area contributed by atoms with E-state index in [1.165, 1.54) is 44.1 Å². The molecule has 3 aromatic carbocycles. The largest absolute Gasteiger partial charge is 0.287 e. The first kappa shape index (κ1) is 14.8. The zero-order valence-electron chi connectivity index (χ0n) is 14.6. The number of nitrogens with zero attached hydrogens (tertiary/aromatic N) is 2. The van der Waals surface area contributed by atoms with Crippen molar-refractivity contribution in [2.75, 3.05) is 0 Å². The predicted molar refractivity (Wildman–Crippen MR) is 100 cm³/mol. The maximum Gasteiger partial charge on any atom is 0.287 e. The fourth-order valence-corrected chi connectivity index (χ4v) is 3.54. The zero-order chi connectivity index (χ0) is 16.8. The van der Waals surface area contributed by atoms with E-state index < -0.39 is 0 Å². The van der Waals surface area contributed by atoms with Crippen LogP contribution in [0.2, 0.25) is 0 Å². The van der Waals surface area contributed by atoms with E-state index in [2.05, 4.69) is 85.9 Å². The van der Waals surface area contributed by atoms with Crippen molar-refractivity contribution < 1.29 is 4.57 Å². The molecule has 0 amide bonds. The second-order valence-electron chi connectivity index (χ2n) is 6.67. The van der Waals surface area contributed by atoms with Crippen LogP contribution in [0, 0.1) is 20.8 Å². The van der Waals surface area contributed by atoms with Gasteiger partial charge in [0.15, 0.2) is 5.52 Å². The van der Waals surface area contributed by atoms with Crippen molar-refractivity contribution in [3.8, 4) is 11.3 Å². The van der Waals surface area contributed by atoms with Crippen LogP contribution in [0.15, 0.2) is 54.9 Å². The molecule has 2 nitrogen and oxygen atoms in total. The van der Waals surface area contributed by atoms with Gasteiger partial charge in [-0.15, -0.1) is 0 Å². The molecule has 0 spiro atoms. The Morgan fingerprint density at radius 1 is 0.875 bits per heavy atom. The third-order valence-electron chi connectivity index (χ3n) is 4.91. The number of benzene rings is 3. The van der Waals surface area contributed by atoms with Gasteiger partial charge in [0.2, 0.25) is 0 Å². The van der Waals surface area contributed by atoms with Gasteiger partial charge in [0.25, 0.3) is 6.33 Å². The second kappa shape index (κ2) is 5.41. The van der Waals surface area contributed by atoms with Crippen molar-refractivity contribution in [1.29, 1.82) is 0 Å². The van der Waals surface area contributed by atoms with Crippen LogP contribution in [0.25, 0.3) is 32.9 Å². The van der Waals surface area contributed by atoms with E-state index in [-0.39, 0.29) is 0 Å². The first-order valence-electron chi connectivity index (χ1n) is 8.30. The summed E-state index contributed by atoms with van der Waals surface area (Å²) in [5.41, 5.74) is 7.51. The number of aryl methyl sites for hydroxylation is 3. The van der Waals surface area contributed by atoms with Crippen molar-refractivity contribution in [3.05, 3.63) is 71.5 Å². The van der Waals surface area contributed by atoms with Crippen molar-refractivity contribution >= 4 is 21.7 Å². The van der Waals surface area contributed by atoms with Crippen LogP contribution >= 0.6 is 0 Å². The van der Waals surface area contributed by atoms with E-state index in [1.54, 1.807) is 0 Å². The molecule has 4 aromatic rings. The molecular formula is C22H21N2+. The van der Waals surface area contributed by atoms with Gasteiger partial charge in [-0.1, -0.05) is 35.9 Å². The Balaban J connectivity index is 2.15. The van der Waals surface area contributed by atoms with Gasteiger partial charge in [-0.05, 0) is 65.9 Å². The normalized spacial score (nSPS) is 11.3. The van der Waals surface area contributed by atoms with E-state index in [9.17, 15) is 0 Å². The average Bonchev–Trinajstić information content (AvgIpc) is 2.57. The molecule has 1 heterocycles. The number of fused-ring (bicyclic) bond motifs is 2. The van der Waals surface area contributed by atoms with Crippen LogP contribution in [-0.2, 0) is 7.05 Å². The summed E-state index contributed by atoms with van der Waals surface area (Å²) in [4.78, 5) is 4.65. The van der Waals surface area contributed by atoms with Crippen LogP contribution in [0.4, 0.5) is 0 Å². The summed E-state index contributed by atoms with van der Waals surface area (Å²) in [6.45, 7) is 6.55. The number of hydrogen-bond donors (Lipinski definition) is 0. The molecule has 2 heteroatoms. The van der Waals surface area contributed by atoms with Gasteiger partial charge < -0.3 is 0 Å². The van der Waals surface area contributed by atoms with Gasteiger partial charge >= 0.3 is 0 Å². The minimum absolute atomic E-state index is 1.04. The molecule has 0 bridgehead atoms. The van der Waals surface area contributed by atoms with Crippen LogP contribution in [-0.4, -0.2) is 4.98 Å². The summed E-state index contributed by atoms with van der Waals surface area (Å²) in [5, 5.41) is 3.68. The lowest BCUT2D eigenvalue weighted by Gasteiger charge is -2.12. The second-order valence-corrected chi connectivity index (χ2v) is 6.67. The van der Waals surface area contributed by atoms with Crippen LogP contribution in [0.5, 0.6) is 0 Å². The Morgan fingerprint density at radius 2 is 1.58 bits per heavy atom. The van der Waals surface area contributed by atoms with E-state index in [1.807, 2.05) is 6.33 Å². The van der Waals surface area contributed by atoms with Crippen molar-refractivity contribution in [2.24, 2.45) is 7.05 Å². The fraction of sp³-hybridized carbons (Fsp3) is 0.182. The smallest absolute Gasteiger partial charge is 0.232 e. The zero-order valence-corrected chi connectivity index (χ0v) is 14.6. The molecule has 1 aromatic heterocycles. The molecule has 4 rings (SSSR count). The van der Waals surface area contributed by atoms with Gasteiger partial charge in [-0.3, -0.25) is 0 Å². The molecule has 0 fully saturated rings. The average molecular weight is 313 g/mol. The Hall–Kier alpha value is -2.74. The standard InChI is InChI=1S/C22H21N2/c1-14-9-15(2)16(3)19(10-14)22-20-11-17-7-5-6-8-18(17)12-21(20)23-13-24(22)4/h5-13H,1-4H3/q+1. The van der Waals surface area contributed by atoms with Crippen LogP contribution in [0.3, 0.4) is 0 Å². The fourth-order valence-electron chi connectivity index (χ4n) is 3.54. The van der Waals surface area contributed by atoms with E-state index >= 15 is 0 Å². The Morgan fingerprint density at radius 3 is 2.33 bits per heavy atom. The molecule has 24 heavy (non-hydrogen) atoms. The summed E-state index contributed by atoms with van der Waals surface area (Å²) in [7, 11) is 2.08. The van der Waals surface area contributed by atoms with Gasteiger partial charge in [-0.2, -0.15) is 0 Å². The van der Waals surface area contributed by atoms with E-state index in [0.717, 1.165) is 5.52 Å². The summed E-state index contributed by atoms with van der Waals surface area (Å²) >= 11 is 0. The Kier molecular flexibility index (Phi) is 3.34. The van der Waals surface area contributed by atoms with Crippen molar-refractivity contribution in [2.45, 2.75) is 20.8 Å². The molecule has 0 radical (unpaired) electrons. The first-order chi connectivity index (χ1) is 11.5. The molecule has 0 N–H and O–H groups in total. The molecule has 0 saturated heterocycles. The predicted octanol–water partition coefficient (Wildman–Crippen LogP) is 4.80. The molecule has 0 aliphatic rings. The van der Waals surface area contributed by atoms with Gasteiger partial charge in [0, 0.05) is 5.56 Å². The maximum atomic E-state index is 4.65. The summed E-state index contributed by atoms with van der Waals surface area (Å²) in [5.74, 6) is 0. The summed E-state index contributed by atoms with van der Waals surface area (Å²) in [6.07, 6.45) is 1.92. The van der Waals surface area contributed by atoms with Gasteiger partial charge in [0.1, 0.15) is 5.69 Å². The highest BCUT2D eigenvalue weighted by molar-refractivity contribution is 6.01. The number of rotatable bonds is 1. The van der Waals surface area contributed by atoms with E-state index in [0.29, 0.717) is 0 Å². The third kappa shape index (κ3) is 2.26. The van der Waals surface area contributed by atoms with Crippen molar-refractivity contribution in [3.63, 3.8) is 0 Å². The highest BCUT2D eigenvalue weighted by atomic mass is 15.0. The minimum atomic E-state index is 1.04. The monoisotopic (exact) mass is 313 g/mol. The number of aromatic nitrogens is 2. The lowest BCUT2D eigenvalue weighted by molar-refractivity contribution is -0.662. The number of hydrogen-bond acceptors (Lipinski definition) is 1. The molecule has 0 aliphatic carbocycles. The lowest BCUT2D eigenvalue weighted by Crippen LogP contribution is -2.32. The first-order valence-corrected chi connectivity index (χ1v) is 8.30. The van der Waals surface area contributed by atoms with Gasteiger partial charge in [0.05, 0.1) is 12.4 Å². The third-order valence-corrected chi connectivity index (χ3v) is 4.91. The topological polar surface area (TPSA) is 16.8 Å². The Bertz CT molecular complexity index is 1090. The highest BCUT2D eigenvalue weighted by Gasteiger charge is 2.18. The molecule has 118 valence electrons. The lowest BCUT2D eigenvalue weighted by atomic mass is 9.95. The SMILES string of the molecule is Cc1cc(C)c(C)c(-c2c3cc4ccccc4cc3nc[n+]2C)c1. The van der Waals surface area contributed by atoms with Crippen LogP contribution < -0.4 is 4.57 Å². The van der Waals surface area contributed by atoms with E-state index in [4.69, 9.17) is 0 Å². The minimum Gasteiger partial charge on any atom is -0.232 e. The molecule has 0 atom stereocenters. The molecule has 0 unspecified atom stereocenters.